The molecule has 0 aromatic heterocycles. The zero-order chi connectivity index (χ0) is 20.4. The summed E-state index contributed by atoms with van der Waals surface area (Å²) in [6.07, 6.45) is 16.5. The molecule has 10 atom stereocenters. The van der Waals surface area contributed by atoms with Crippen LogP contribution in [-0.2, 0) is 0 Å². The van der Waals surface area contributed by atoms with E-state index in [1.807, 2.05) is 0 Å². The van der Waals surface area contributed by atoms with Crippen molar-refractivity contribution in [3.05, 3.63) is 11.6 Å². The second kappa shape index (κ2) is 7.37. The highest BCUT2D eigenvalue weighted by Crippen LogP contribution is 2.67. The predicted octanol–water partition coefficient (Wildman–Crippen LogP) is 5.92. The van der Waals surface area contributed by atoms with E-state index in [2.05, 4.69) is 39.1 Å². The van der Waals surface area contributed by atoms with Crippen molar-refractivity contribution in [2.75, 3.05) is 6.54 Å². The molecule has 2 heteroatoms. The van der Waals surface area contributed by atoms with E-state index in [4.69, 9.17) is 5.73 Å². The van der Waals surface area contributed by atoms with Gasteiger partial charge in [-0.15, -0.1) is 0 Å². The molecule has 0 bridgehead atoms. The maximum Gasteiger partial charge on any atom is 0.00957 e. The van der Waals surface area contributed by atoms with Crippen LogP contribution in [0.1, 0.15) is 91.9 Å². The zero-order valence-corrected chi connectivity index (χ0v) is 19.6. The van der Waals surface area contributed by atoms with Gasteiger partial charge in [-0.3, -0.25) is 0 Å². The number of fused-ring (bicyclic) bond motifs is 5. The zero-order valence-electron chi connectivity index (χ0n) is 19.6. The largest absolute Gasteiger partial charge is 0.327 e. The topological polar surface area (TPSA) is 38.0 Å². The first-order valence-electron chi connectivity index (χ1n) is 13.0. The molecule has 29 heavy (non-hydrogen) atoms. The summed E-state index contributed by atoms with van der Waals surface area (Å²) in [5.41, 5.74) is 9.14. The summed E-state index contributed by atoms with van der Waals surface area (Å²) in [6, 6.07) is 1.18. The Morgan fingerprint density at radius 3 is 2.62 bits per heavy atom. The smallest absolute Gasteiger partial charge is 0.00957 e. The van der Waals surface area contributed by atoms with E-state index in [0.29, 0.717) is 16.9 Å². The molecule has 0 aromatic rings. The molecule has 4 fully saturated rings. The second-order valence-electron chi connectivity index (χ2n) is 12.5. The van der Waals surface area contributed by atoms with Gasteiger partial charge in [0.1, 0.15) is 0 Å². The van der Waals surface area contributed by atoms with E-state index in [1.165, 1.54) is 70.8 Å². The average Bonchev–Trinajstić information content (AvgIpc) is 3.06. The lowest BCUT2D eigenvalue weighted by Gasteiger charge is -2.58. The Kier molecular flexibility index (Phi) is 5.22. The van der Waals surface area contributed by atoms with Crippen molar-refractivity contribution in [2.24, 2.45) is 52.1 Å². The van der Waals surface area contributed by atoms with E-state index < -0.39 is 0 Å². The van der Waals surface area contributed by atoms with Crippen LogP contribution in [0, 0.1) is 46.3 Å². The van der Waals surface area contributed by atoms with Gasteiger partial charge in [0, 0.05) is 12.1 Å². The lowest BCUT2D eigenvalue weighted by molar-refractivity contribution is -0.0538. The van der Waals surface area contributed by atoms with Gasteiger partial charge in [-0.05, 0) is 117 Å². The van der Waals surface area contributed by atoms with Gasteiger partial charge in [0.2, 0.25) is 0 Å². The Morgan fingerprint density at radius 1 is 1.03 bits per heavy atom. The van der Waals surface area contributed by atoms with Crippen molar-refractivity contribution in [2.45, 2.75) is 104 Å². The van der Waals surface area contributed by atoms with Crippen molar-refractivity contribution >= 4 is 0 Å². The molecular weight excluding hydrogens is 352 g/mol. The van der Waals surface area contributed by atoms with Gasteiger partial charge in [0.25, 0.3) is 0 Å². The van der Waals surface area contributed by atoms with Crippen LogP contribution in [0.15, 0.2) is 11.6 Å². The highest BCUT2D eigenvalue weighted by atomic mass is 14.9. The highest BCUT2D eigenvalue weighted by molar-refractivity contribution is 5.25. The third kappa shape index (κ3) is 3.18. The van der Waals surface area contributed by atoms with Crippen LogP contribution in [0.25, 0.3) is 0 Å². The number of nitrogens with one attached hydrogen (secondary N) is 1. The molecular formula is C27H46N2. The molecule has 1 saturated heterocycles. The Bertz CT molecular complexity index is 647. The SMILES string of the molecule is CC(C1CC[C@H](C)CN1)[C@H]1CCC2C3CC=C4C[C@@H](N)CC[C@]4(C)C3CC[C@@]21C. The predicted molar refractivity (Wildman–Crippen MR) is 123 cm³/mol. The first-order valence-corrected chi connectivity index (χ1v) is 13.0. The lowest BCUT2D eigenvalue weighted by atomic mass is 9.46. The number of hydrogen-bond acceptors (Lipinski definition) is 2. The van der Waals surface area contributed by atoms with Gasteiger partial charge in [0.15, 0.2) is 0 Å². The fourth-order valence-electron chi connectivity index (χ4n) is 9.34. The molecule has 5 unspecified atom stereocenters. The van der Waals surface area contributed by atoms with Crippen LogP contribution < -0.4 is 11.1 Å². The maximum absolute atomic E-state index is 6.36. The molecule has 0 aromatic carbocycles. The van der Waals surface area contributed by atoms with Gasteiger partial charge < -0.3 is 11.1 Å². The van der Waals surface area contributed by atoms with E-state index in [9.17, 15) is 0 Å². The van der Waals surface area contributed by atoms with E-state index in [0.717, 1.165) is 41.5 Å². The number of hydrogen-bond donors (Lipinski definition) is 2. The molecule has 5 aliphatic rings. The Hall–Kier alpha value is -0.340. The summed E-state index contributed by atoms with van der Waals surface area (Å²) in [5, 5.41) is 3.94. The third-order valence-electron chi connectivity index (χ3n) is 11.2. The molecule has 2 nitrogen and oxygen atoms in total. The number of nitrogens with two attached hydrogens (primary N) is 1. The third-order valence-corrected chi connectivity index (χ3v) is 11.2. The van der Waals surface area contributed by atoms with Gasteiger partial charge >= 0.3 is 0 Å². The first-order chi connectivity index (χ1) is 13.8. The maximum atomic E-state index is 6.36. The van der Waals surface area contributed by atoms with Crippen molar-refractivity contribution in [3.63, 3.8) is 0 Å². The van der Waals surface area contributed by atoms with Gasteiger partial charge in [-0.25, -0.2) is 0 Å². The van der Waals surface area contributed by atoms with Crippen LogP contribution in [0.4, 0.5) is 0 Å². The minimum atomic E-state index is 0.419. The van der Waals surface area contributed by atoms with Crippen molar-refractivity contribution in [1.82, 2.24) is 5.32 Å². The van der Waals surface area contributed by atoms with Crippen LogP contribution in [-0.4, -0.2) is 18.6 Å². The summed E-state index contributed by atoms with van der Waals surface area (Å²) >= 11 is 0. The fourth-order valence-corrected chi connectivity index (χ4v) is 9.34. The summed E-state index contributed by atoms with van der Waals surface area (Å²) < 4.78 is 0. The minimum Gasteiger partial charge on any atom is -0.327 e. The van der Waals surface area contributed by atoms with Crippen molar-refractivity contribution in [1.29, 1.82) is 0 Å². The van der Waals surface area contributed by atoms with E-state index >= 15 is 0 Å². The molecule has 164 valence electrons. The van der Waals surface area contributed by atoms with Crippen LogP contribution in [0.2, 0.25) is 0 Å². The lowest BCUT2D eigenvalue weighted by Crippen LogP contribution is -2.52. The summed E-state index contributed by atoms with van der Waals surface area (Å²) in [6.45, 7) is 11.6. The molecule has 0 amide bonds. The van der Waals surface area contributed by atoms with Gasteiger partial charge in [-0.2, -0.15) is 0 Å². The molecule has 3 N–H and O–H groups in total. The second-order valence-corrected chi connectivity index (χ2v) is 12.5. The number of allylic oxidation sites excluding steroid dienone is 1. The Balaban J connectivity index is 1.36. The van der Waals surface area contributed by atoms with Gasteiger partial charge in [0.05, 0.1) is 0 Å². The molecule has 1 heterocycles. The van der Waals surface area contributed by atoms with E-state index in [-0.39, 0.29) is 0 Å². The van der Waals surface area contributed by atoms with Gasteiger partial charge in [-0.1, -0.05) is 39.3 Å². The highest BCUT2D eigenvalue weighted by Gasteiger charge is 2.59. The van der Waals surface area contributed by atoms with Crippen LogP contribution >= 0.6 is 0 Å². The number of rotatable bonds is 2. The molecule has 5 rings (SSSR count). The van der Waals surface area contributed by atoms with Crippen molar-refractivity contribution < 1.29 is 0 Å². The standard InChI is InChI=1S/C27H46N2/c1-17-5-10-25(29-16-17)18(2)22-8-9-23-21-7-6-19-15-20(28)11-13-26(19,3)24(21)12-14-27(22,23)4/h6,17-18,20-25,29H,5,7-16,28H2,1-4H3/t17-,18?,20-,21?,22+,23?,24?,25?,26-,27+/m0/s1. The Labute approximate surface area is 179 Å². The summed E-state index contributed by atoms with van der Waals surface area (Å²) in [5.74, 6) is 5.46. The average molecular weight is 399 g/mol. The Morgan fingerprint density at radius 2 is 1.86 bits per heavy atom. The normalized spacial score (nSPS) is 53.4. The molecule has 0 spiro atoms. The molecule has 4 aliphatic carbocycles. The summed E-state index contributed by atoms with van der Waals surface area (Å²) in [7, 11) is 0. The fraction of sp³-hybridized carbons (Fsp3) is 0.926. The van der Waals surface area contributed by atoms with E-state index in [1.54, 1.807) is 5.57 Å². The molecule has 3 saturated carbocycles. The first kappa shape index (κ1) is 20.6. The minimum absolute atomic E-state index is 0.419. The molecule has 1 aliphatic heterocycles. The number of piperidine rings is 1. The quantitative estimate of drug-likeness (QED) is 0.567. The monoisotopic (exact) mass is 398 g/mol. The molecule has 0 radical (unpaired) electrons. The summed E-state index contributed by atoms with van der Waals surface area (Å²) in [4.78, 5) is 0. The van der Waals surface area contributed by atoms with Crippen molar-refractivity contribution in [3.8, 4) is 0 Å². The van der Waals surface area contributed by atoms with Crippen LogP contribution in [0.3, 0.4) is 0 Å². The van der Waals surface area contributed by atoms with Crippen LogP contribution in [0.5, 0.6) is 0 Å².